The molecule has 4 heteroatoms. The molecule has 1 rings (SSSR count). The predicted molar refractivity (Wildman–Crippen MR) is 60.3 cm³/mol. The summed E-state index contributed by atoms with van der Waals surface area (Å²) in [6, 6.07) is 0.224. The fraction of sp³-hybridized carbons (Fsp3) is 0.667. The van der Waals surface area contributed by atoms with Crippen molar-refractivity contribution in [3.05, 3.63) is 11.6 Å². The van der Waals surface area contributed by atoms with Crippen LogP contribution in [0.15, 0.2) is 15.9 Å². The van der Waals surface area contributed by atoms with Gasteiger partial charge in [-0.2, -0.15) is 0 Å². The Balaban J connectivity index is 2.35. The third kappa shape index (κ3) is 3.67. The summed E-state index contributed by atoms with van der Waals surface area (Å²) < 4.78 is 1.11. The van der Waals surface area contributed by atoms with Crippen LogP contribution in [0.3, 0.4) is 0 Å². The van der Waals surface area contributed by atoms with Crippen LogP contribution in [0.5, 0.6) is 0 Å². The highest BCUT2D eigenvalue weighted by atomic mass is 32.2. The molecule has 0 saturated heterocycles. The molecule has 1 aromatic rings. The Labute approximate surface area is 87.9 Å². The van der Waals surface area contributed by atoms with E-state index in [0.29, 0.717) is 0 Å². The lowest BCUT2D eigenvalue weighted by molar-refractivity contribution is 0.344. The number of nitrogens with two attached hydrogens (primary N) is 1. The molecule has 1 heterocycles. The normalized spacial score (nSPS) is 14.5. The van der Waals surface area contributed by atoms with Crippen molar-refractivity contribution in [3.8, 4) is 0 Å². The van der Waals surface area contributed by atoms with Gasteiger partial charge in [0, 0.05) is 23.4 Å². The van der Waals surface area contributed by atoms with Gasteiger partial charge in [-0.05, 0) is 5.41 Å². The maximum Gasteiger partial charge on any atom is 0.149 e. The van der Waals surface area contributed by atoms with Crippen molar-refractivity contribution in [1.29, 1.82) is 0 Å². The summed E-state index contributed by atoms with van der Waals surface area (Å²) >= 11 is 3.42. The standard InChI is InChI=1S/C9H16N2S2/c1-9(2,3)7(10)6-13-8-11-4-5-12-8/h4-5,7H,6,10H2,1-3H3. The highest BCUT2D eigenvalue weighted by Crippen LogP contribution is 2.26. The first-order valence-electron chi connectivity index (χ1n) is 4.28. The summed E-state index contributed by atoms with van der Waals surface area (Å²) in [5.74, 6) is 0.941. The van der Waals surface area contributed by atoms with Gasteiger partial charge in [0.25, 0.3) is 0 Å². The molecule has 13 heavy (non-hydrogen) atoms. The molecule has 0 aliphatic rings. The lowest BCUT2D eigenvalue weighted by Crippen LogP contribution is -2.37. The maximum atomic E-state index is 6.02. The smallest absolute Gasteiger partial charge is 0.149 e. The monoisotopic (exact) mass is 216 g/mol. The third-order valence-electron chi connectivity index (χ3n) is 1.91. The van der Waals surface area contributed by atoms with Crippen LogP contribution < -0.4 is 5.73 Å². The molecule has 0 spiro atoms. The van der Waals surface area contributed by atoms with Gasteiger partial charge >= 0.3 is 0 Å². The van der Waals surface area contributed by atoms with Gasteiger partial charge in [0.1, 0.15) is 4.34 Å². The summed E-state index contributed by atoms with van der Waals surface area (Å²) in [5, 5.41) is 1.99. The Morgan fingerprint density at radius 3 is 2.77 bits per heavy atom. The van der Waals surface area contributed by atoms with Gasteiger partial charge in [-0.25, -0.2) is 4.98 Å². The van der Waals surface area contributed by atoms with Gasteiger partial charge in [-0.1, -0.05) is 32.5 Å². The highest BCUT2D eigenvalue weighted by molar-refractivity contribution is 8.01. The third-order valence-corrected chi connectivity index (χ3v) is 3.99. The first-order valence-corrected chi connectivity index (χ1v) is 6.14. The minimum Gasteiger partial charge on any atom is -0.326 e. The molecule has 0 radical (unpaired) electrons. The van der Waals surface area contributed by atoms with E-state index in [0.717, 1.165) is 10.1 Å². The number of thiazole rings is 1. The maximum absolute atomic E-state index is 6.02. The number of nitrogens with zero attached hydrogens (tertiary/aromatic N) is 1. The van der Waals surface area contributed by atoms with Crippen molar-refractivity contribution < 1.29 is 0 Å². The van der Waals surface area contributed by atoms with Crippen molar-refractivity contribution in [2.75, 3.05) is 5.75 Å². The van der Waals surface area contributed by atoms with E-state index >= 15 is 0 Å². The van der Waals surface area contributed by atoms with E-state index in [1.807, 2.05) is 11.6 Å². The first kappa shape index (κ1) is 11.0. The Morgan fingerprint density at radius 1 is 1.62 bits per heavy atom. The number of hydrogen-bond donors (Lipinski definition) is 1. The SMILES string of the molecule is CC(C)(C)C(N)CSc1nccs1. The molecule has 0 amide bonds. The second-order valence-corrected chi connectivity index (χ2v) is 6.24. The molecule has 2 nitrogen and oxygen atoms in total. The van der Waals surface area contributed by atoms with Crippen LogP contribution in [0.2, 0.25) is 0 Å². The van der Waals surface area contributed by atoms with Gasteiger partial charge in [0.05, 0.1) is 0 Å². The highest BCUT2D eigenvalue weighted by Gasteiger charge is 2.20. The predicted octanol–water partition coefficient (Wildman–Crippen LogP) is 2.61. The van der Waals surface area contributed by atoms with E-state index in [1.165, 1.54) is 0 Å². The molecule has 0 saturated carbocycles. The summed E-state index contributed by atoms with van der Waals surface area (Å²) in [6.45, 7) is 6.50. The lowest BCUT2D eigenvalue weighted by atomic mass is 9.89. The van der Waals surface area contributed by atoms with Crippen molar-refractivity contribution >= 4 is 23.1 Å². The molecule has 1 atom stereocenters. The van der Waals surface area contributed by atoms with Gasteiger partial charge in [-0.15, -0.1) is 11.3 Å². The van der Waals surface area contributed by atoms with Crippen LogP contribution in [0.25, 0.3) is 0 Å². The average molecular weight is 216 g/mol. The van der Waals surface area contributed by atoms with Crippen molar-refractivity contribution in [2.24, 2.45) is 11.1 Å². The Bertz CT molecular complexity index is 239. The second-order valence-electron chi connectivity index (χ2n) is 4.08. The van der Waals surface area contributed by atoms with Gasteiger partial charge in [-0.3, -0.25) is 0 Å². The molecule has 0 aliphatic heterocycles. The molecule has 0 aliphatic carbocycles. The van der Waals surface area contributed by atoms with Crippen LogP contribution in [0.4, 0.5) is 0 Å². The summed E-state index contributed by atoms with van der Waals surface area (Å²) in [7, 11) is 0. The van der Waals surface area contributed by atoms with Crippen LogP contribution >= 0.6 is 23.1 Å². The lowest BCUT2D eigenvalue weighted by Gasteiger charge is -2.26. The van der Waals surface area contributed by atoms with E-state index in [4.69, 9.17) is 5.73 Å². The van der Waals surface area contributed by atoms with Crippen molar-refractivity contribution in [2.45, 2.75) is 31.2 Å². The number of thioether (sulfide) groups is 1. The van der Waals surface area contributed by atoms with Crippen molar-refractivity contribution in [1.82, 2.24) is 4.98 Å². The molecule has 0 fully saturated rings. The van der Waals surface area contributed by atoms with Crippen molar-refractivity contribution in [3.63, 3.8) is 0 Å². The van der Waals surface area contributed by atoms with Gasteiger partial charge in [0.2, 0.25) is 0 Å². The molecule has 1 unspecified atom stereocenters. The van der Waals surface area contributed by atoms with Gasteiger partial charge < -0.3 is 5.73 Å². The fourth-order valence-corrected chi connectivity index (χ4v) is 2.65. The molecule has 74 valence electrons. The molecule has 1 aromatic heterocycles. The molecule has 2 N–H and O–H groups in total. The molecule has 0 bridgehead atoms. The summed E-state index contributed by atoms with van der Waals surface area (Å²) in [6.07, 6.45) is 1.83. The molecular formula is C9H16N2S2. The minimum atomic E-state index is 0.185. The average Bonchev–Trinajstić information content (AvgIpc) is 2.50. The number of rotatable bonds is 3. The zero-order valence-corrected chi connectivity index (χ0v) is 9.91. The van der Waals surface area contributed by atoms with Crippen LogP contribution in [0.1, 0.15) is 20.8 Å². The molecular weight excluding hydrogens is 200 g/mol. The van der Waals surface area contributed by atoms with E-state index < -0.39 is 0 Å². The van der Waals surface area contributed by atoms with E-state index in [-0.39, 0.29) is 11.5 Å². The summed E-state index contributed by atoms with van der Waals surface area (Å²) in [5.41, 5.74) is 6.21. The van der Waals surface area contributed by atoms with Crippen LogP contribution in [-0.2, 0) is 0 Å². The first-order chi connectivity index (χ1) is 6.00. The minimum absolute atomic E-state index is 0.185. The number of aromatic nitrogens is 1. The quantitative estimate of drug-likeness (QED) is 0.789. The van der Waals surface area contributed by atoms with Crippen LogP contribution in [0, 0.1) is 5.41 Å². The van der Waals surface area contributed by atoms with E-state index in [1.54, 1.807) is 23.1 Å². The largest absolute Gasteiger partial charge is 0.326 e. The Morgan fingerprint density at radius 2 is 2.31 bits per heavy atom. The molecule has 0 aromatic carbocycles. The van der Waals surface area contributed by atoms with E-state index in [2.05, 4.69) is 25.8 Å². The second kappa shape index (κ2) is 4.44. The zero-order valence-electron chi connectivity index (χ0n) is 8.28. The topological polar surface area (TPSA) is 38.9 Å². The Hall–Kier alpha value is -0.0600. The zero-order chi connectivity index (χ0) is 9.90. The summed E-state index contributed by atoms with van der Waals surface area (Å²) in [4.78, 5) is 4.20. The fourth-order valence-electron chi connectivity index (χ4n) is 0.693. The number of hydrogen-bond acceptors (Lipinski definition) is 4. The Kier molecular flexibility index (Phi) is 3.76. The van der Waals surface area contributed by atoms with Crippen LogP contribution in [-0.4, -0.2) is 16.8 Å². The van der Waals surface area contributed by atoms with Gasteiger partial charge in [0.15, 0.2) is 0 Å². The van der Waals surface area contributed by atoms with E-state index in [9.17, 15) is 0 Å².